The van der Waals surface area contributed by atoms with Gasteiger partial charge in [0.05, 0.1) is 17.4 Å². The molecule has 0 radical (unpaired) electrons. The topological polar surface area (TPSA) is 123 Å². The highest BCUT2D eigenvalue weighted by molar-refractivity contribution is 5.96. The number of nitrogens with one attached hydrogen (secondary N) is 2. The number of aromatic nitrogens is 2. The standard InChI is InChI=1S/C31H45F3N8O2/c1-3-4-25-29(36-20-5-8-23(43)9-6-20)39-30(27(38-25)28(35)44)37-21-7-10-26(24(19-21)31(32,33)34)42-13-11-22(12-14-42)41-17-15-40(2)16-18-41/h7,10,19-20,22-23,43H,3-6,8-9,11-18H2,1-2H3,(H2,35,44)(H2,36,37,39). The molecule has 1 amide bonds. The molecule has 0 atom stereocenters. The Bertz CT molecular complexity index is 1290. The monoisotopic (exact) mass is 618 g/mol. The van der Waals surface area contributed by atoms with Crippen LogP contribution < -0.4 is 21.3 Å². The fourth-order valence-electron chi connectivity index (χ4n) is 6.58. The van der Waals surface area contributed by atoms with Gasteiger partial charge in [-0.15, -0.1) is 0 Å². The summed E-state index contributed by atoms with van der Waals surface area (Å²) in [5.74, 6) is -0.346. The van der Waals surface area contributed by atoms with E-state index in [0.29, 0.717) is 49.9 Å². The average molecular weight is 619 g/mol. The zero-order valence-electron chi connectivity index (χ0n) is 25.7. The second kappa shape index (κ2) is 13.9. The highest BCUT2D eigenvalue weighted by atomic mass is 19.4. The summed E-state index contributed by atoms with van der Waals surface area (Å²) in [7, 11) is 2.11. The van der Waals surface area contributed by atoms with Gasteiger partial charge in [-0.25, -0.2) is 9.97 Å². The number of hydrogen-bond donors (Lipinski definition) is 4. The van der Waals surface area contributed by atoms with Crippen molar-refractivity contribution >= 4 is 28.9 Å². The van der Waals surface area contributed by atoms with Crippen molar-refractivity contribution in [2.24, 2.45) is 5.73 Å². The van der Waals surface area contributed by atoms with E-state index >= 15 is 0 Å². The molecule has 3 heterocycles. The maximum atomic E-state index is 14.4. The highest BCUT2D eigenvalue weighted by Crippen LogP contribution is 2.40. The lowest BCUT2D eigenvalue weighted by Crippen LogP contribution is -2.52. The van der Waals surface area contributed by atoms with Crippen LogP contribution in [0.25, 0.3) is 0 Å². The number of halogens is 3. The van der Waals surface area contributed by atoms with Crippen LogP contribution in [0.1, 0.15) is 73.6 Å². The van der Waals surface area contributed by atoms with E-state index in [4.69, 9.17) is 5.73 Å². The first kappa shape index (κ1) is 32.2. The molecule has 5 rings (SSSR count). The van der Waals surface area contributed by atoms with E-state index in [9.17, 15) is 23.1 Å². The van der Waals surface area contributed by atoms with Crippen molar-refractivity contribution in [3.63, 3.8) is 0 Å². The van der Waals surface area contributed by atoms with Crippen LogP contribution in [0.4, 0.5) is 36.2 Å². The Balaban J connectivity index is 1.37. The summed E-state index contributed by atoms with van der Waals surface area (Å²) in [6, 6.07) is 4.60. The number of aryl methyl sites for hydroxylation is 1. The van der Waals surface area contributed by atoms with Gasteiger partial charge in [-0.3, -0.25) is 9.69 Å². The van der Waals surface area contributed by atoms with E-state index in [2.05, 4.69) is 37.4 Å². The van der Waals surface area contributed by atoms with Crippen LogP contribution in [-0.2, 0) is 12.6 Å². The molecule has 242 valence electrons. The van der Waals surface area contributed by atoms with Gasteiger partial charge in [-0.1, -0.05) is 13.3 Å². The molecule has 3 aliphatic rings. The minimum Gasteiger partial charge on any atom is -0.393 e. The van der Waals surface area contributed by atoms with Gasteiger partial charge in [0.2, 0.25) is 0 Å². The fraction of sp³-hybridized carbons (Fsp3) is 0.645. The molecule has 2 aromatic rings. The molecule has 5 N–H and O–H groups in total. The number of carbonyl (C=O) groups is 1. The molecule has 1 saturated carbocycles. The van der Waals surface area contributed by atoms with Gasteiger partial charge in [0.15, 0.2) is 17.3 Å². The lowest BCUT2D eigenvalue weighted by atomic mass is 9.93. The van der Waals surface area contributed by atoms with Gasteiger partial charge in [-0.05, 0) is 70.2 Å². The first-order valence-corrected chi connectivity index (χ1v) is 15.8. The molecule has 2 aliphatic heterocycles. The zero-order valence-corrected chi connectivity index (χ0v) is 25.7. The van der Waals surface area contributed by atoms with Crippen molar-refractivity contribution < 1.29 is 23.1 Å². The van der Waals surface area contributed by atoms with E-state index in [-0.39, 0.29) is 35.0 Å². The van der Waals surface area contributed by atoms with E-state index < -0.39 is 17.6 Å². The molecule has 0 unspecified atom stereocenters. The van der Waals surface area contributed by atoms with Gasteiger partial charge >= 0.3 is 6.18 Å². The highest BCUT2D eigenvalue weighted by Gasteiger charge is 2.37. The number of primary amides is 1. The maximum Gasteiger partial charge on any atom is 0.418 e. The number of hydrogen-bond acceptors (Lipinski definition) is 9. The fourth-order valence-corrected chi connectivity index (χ4v) is 6.58. The molecule has 2 saturated heterocycles. The maximum absolute atomic E-state index is 14.4. The minimum atomic E-state index is -4.58. The first-order chi connectivity index (χ1) is 21.0. The number of nitrogens with zero attached hydrogens (tertiary/aromatic N) is 5. The molecule has 13 heteroatoms. The average Bonchev–Trinajstić information content (AvgIpc) is 2.99. The van der Waals surface area contributed by atoms with Crippen LogP contribution in [-0.4, -0.2) is 95.3 Å². The van der Waals surface area contributed by atoms with Crippen LogP contribution >= 0.6 is 0 Å². The summed E-state index contributed by atoms with van der Waals surface area (Å²) in [4.78, 5) is 28.1. The Kier molecular flexibility index (Phi) is 10.2. The normalized spacial score (nSPS) is 22.6. The summed E-state index contributed by atoms with van der Waals surface area (Å²) in [5.41, 5.74) is 5.66. The second-order valence-electron chi connectivity index (χ2n) is 12.4. The predicted octanol–water partition coefficient (Wildman–Crippen LogP) is 4.22. The molecule has 10 nitrogen and oxygen atoms in total. The van der Waals surface area contributed by atoms with Crippen LogP contribution in [0.15, 0.2) is 18.2 Å². The van der Waals surface area contributed by atoms with Gasteiger partial charge in [-0.2, -0.15) is 13.2 Å². The second-order valence-corrected chi connectivity index (χ2v) is 12.4. The molecule has 1 aliphatic carbocycles. The summed E-state index contributed by atoms with van der Waals surface area (Å²) < 4.78 is 43.3. The molecule has 3 fully saturated rings. The Labute approximate surface area is 257 Å². The Morgan fingerprint density at radius 3 is 2.30 bits per heavy atom. The largest absolute Gasteiger partial charge is 0.418 e. The van der Waals surface area contributed by atoms with Crippen molar-refractivity contribution in [2.45, 2.75) is 82.7 Å². The third kappa shape index (κ3) is 7.73. The Hall–Kier alpha value is -3.16. The number of anilines is 4. The number of carbonyl (C=O) groups excluding carboxylic acids is 1. The predicted molar refractivity (Wildman–Crippen MR) is 165 cm³/mol. The third-order valence-electron chi connectivity index (χ3n) is 9.15. The molecule has 0 spiro atoms. The number of likely N-dealkylation sites (N-methyl/N-ethyl adjacent to an activating group) is 1. The van der Waals surface area contributed by atoms with Crippen LogP contribution in [0, 0.1) is 0 Å². The summed E-state index contributed by atoms with van der Waals surface area (Å²) in [6.07, 6.45) is 0.856. The van der Waals surface area contributed by atoms with E-state index in [1.54, 1.807) is 6.07 Å². The van der Waals surface area contributed by atoms with E-state index in [1.807, 2.05) is 11.8 Å². The lowest BCUT2D eigenvalue weighted by Gasteiger charge is -2.43. The number of aliphatic hydroxyl groups is 1. The summed E-state index contributed by atoms with van der Waals surface area (Å²) in [5, 5.41) is 16.2. The molecule has 44 heavy (non-hydrogen) atoms. The van der Waals surface area contributed by atoms with E-state index in [0.717, 1.165) is 64.3 Å². The number of piperidine rings is 1. The van der Waals surface area contributed by atoms with Crippen LogP contribution in [0.5, 0.6) is 0 Å². The minimum absolute atomic E-state index is 0.00422. The number of amides is 1. The van der Waals surface area contributed by atoms with Crippen molar-refractivity contribution in [3.8, 4) is 0 Å². The zero-order chi connectivity index (χ0) is 31.4. The first-order valence-electron chi connectivity index (χ1n) is 15.8. The van der Waals surface area contributed by atoms with E-state index in [1.165, 1.54) is 6.07 Å². The molecule has 0 bridgehead atoms. The number of alkyl halides is 3. The van der Waals surface area contributed by atoms with Crippen molar-refractivity contribution in [1.29, 1.82) is 0 Å². The van der Waals surface area contributed by atoms with Gasteiger partial charge in [0.25, 0.3) is 5.91 Å². The van der Waals surface area contributed by atoms with Crippen molar-refractivity contribution in [2.75, 3.05) is 61.8 Å². The van der Waals surface area contributed by atoms with Gasteiger partial charge in [0.1, 0.15) is 0 Å². The van der Waals surface area contributed by atoms with Gasteiger partial charge < -0.3 is 31.3 Å². The third-order valence-corrected chi connectivity index (χ3v) is 9.15. The van der Waals surface area contributed by atoms with Crippen molar-refractivity contribution in [1.82, 2.24) is 19.8 Å². The quantitative estimate of drug-likeness (QED) is 0.327. The number of nitrogens with two attached hydrogens (primary N) is 1. The number of aliphatic hydroxyl groups excluding tert-OH is 1. The molecule has 1 aromatic heterocycles. The van der Waals surface area contributed by atoms with Crippen molar-refractivity contribution in [3.05, 3.63) is 35.2 Å². The number of benzene rings is 1. The lowest BCUT2D eigenvalue weighted by molar-refractivity contribution is -0.137. The molecule has 1 aromatic carbocycles. The molecular formula is C31H45F3N8O2. The Morgan fingerprint density at radius 2 is 1.68 bits per heavy atom. The van der Waals surface area contributed by atoms with Crippen LogP contribution in [0.2, 0.25) is 0 Å². The SMILES string of the molecule is CCCc1nc(C(N)=O)c(Nc2ccc(N3CCC(N4CCN(C)CC4)CC3)c(C(F)(F)F)c2)nc1NC1CCC(O)CC1. The summed E-state index contributed by atoms with van der Waals surface area (Å²) >= 11 is 0. The smallest absolute Gasteiger partial charge is 0.393 e. The summed E-state index contributed by atoms with van der Waals surface area (Å²) in [6.45, 7) is 7.09. The Morgan fingerprint density at radius 1 is 1.00 bits per heavy atom. The number of rotatable bonds is 9. The van der Waals surface area contributed by atoms with Crippen LogP contribution in [0.3, 0.4) is 0 Å². The molecular weight excluding hydrogens is 573 g/mol. The number of piperazine rings is 1. The van der Waals surface area contributed by atoms with Gasteiger partial charge in [0, 0.05) is 62.7 Å².